The van der Waals surface area contributed by atoms with Gasteiger partial charge in [-0.2, -0.15) is 0 Å². The summed E-state index contributed by atoms with van der Waals surface area (Å²) in [6.07, 6.45) is 16.7. The van der Waals surface area contributed by atoms with Crippen LogP contribution in [0.2, 0.25) is 0 Å². The molecule has 1 saturated carbocycles. The van der Waals surface area contributed by atoms with E-state index in [-0.39, 0.29) is 0 Å². The topological polar surface area (TPSA) is 26.0 Å². The molecule has 1 fully saturated rings. The molecule has 3 unspecified atom stereocenters. The first-order valence-corrected chi connectivity index (χ1v) is 8.45. The molecule has 1 aliphatic carbocycles. The van der Waals surface area contributed by atoms with Crippen molar-refractivity contribution < 1.29 is 0 Å². The first kappa shape index (κ1) is 16.0. The van der Waals surface area contributed by atoms with Crippen molar-refractivity contribution in [3.63, 3.8) is 0 Å². The second kappa shape index (κ2) is 9.83. The number of hydrogen-bond donors (Lipinski definition) is 1. The molecule has 1 nitrogen and oxygen atoms in total. The van der Waals surface area contributed by atoms with Crippen molar-refractivity contribution >= 4 is 0 Å². The van der Waals surface area contributed by atoms with Crippen molar-refractivity contribution in [2.75, 3.05) is 0 Å². The molecule has 0 amide bonds. The molecule has 0 aromatic heterocycles. The predicted molar refractivity (Wildman–Crippen MR) is 81.7 cm³/mol. The van der Waals surface area contributed by atoms with E-state index in [1.54, 1.807) is 0 Å². The van der Waals surface area contributed by atoms with Gasteiger partial charge < -0.3 is 5.73 Å². The van der Waals surface area contributed by atoms with Gasteiger partial charge in [-0.1, -0.05) is 71.6 Å². The summed E-state index contributed by atoms with van der Waals surface area (Å²) >= 11 is 0. The van der Waals surface area contributed by atoms with E-state index in [1.165, 1.54) is 77.0 Å². The van der Waals surface area contributed by atoms with Crippen molar-refractivity contribution in [3.8, 4) is 0 Å². The van der Waals surface area contributed by atoms with Gasteiger partial charge in [0.25, 0.3) is 0 Å². The molecule has 0 aromatic rings. The lowest BCUT2D eigenvalue weighted by atomic mass is 9.86. The zero-order chi connectivity index (χ0) is 13.2. The van der Waals surface area contributed by atoms with Gasteiger partial charge in [0, 0.05) is 6.04 Å². The zero-order valence-corrected chi connectivity index (χ0v) is 12.8. The van der Waals surface area contributed by atoms with E-state index >= 15 is 0 Å². The molecule has 0 aromatic carbocycles. The molecule has 0 spiro atoms. The summed E-state index contributed by atoms with van der Waals surface area (Å²) in [6, 6.07) is 0.463. The molecule has 1 rings (SSSR count). The quantitative estimate of drug-likeness (QED) is 0.624. The summed E-state index contributed by atoms with van der Waals surface area (Å²) < 4.78 is 0. The van der Waals surface area contributed by atoms with E-state index in [9.17, 15) is 0 Å². The molecule has 3 atom stereocenters. The molecular formula is C17H35N. The highest BCUT2D eigenvalue weighted by Crippen LogP contribution is 2.24. The van der Waals surface area contributed by atoms with E-state index in [1.807, 2.05) is 0 Å². The average Bonchev–Trinajstić information content (AvgIpc) is 2.37. The van der Waals surface area contributed by atoms with E-state index in [0.717, 1.165) is 11.8 Å². The molecule has 2 N–H and O–H groups in total. The Morgan fingerprint density at radius 2 is 1.00 bits per heavy atom. The molecular weight excluding hydrogens is 218 g/mol. The fourth-order valence-electron chi connectivity index (χ4n) is 3.12. The van der Waals surface area contributed by atoms with E-state index in [2.05, 4.69) is 13.8 Å². The lowest BCUT2D eigenvalue weighted by Crippen LogP contribution is -2.21. The monoisotopic (exact) mass is 253 g/mol. The van der Waals surface area contributed by atoms with Crippen LogP contribution < -0.4 is 5.73 Å². The minimum Gasteiger partial charge on any atom is -0.328 e. The Kier molecular flexibility index (Phi) is 8.75. The summed E-state index contributed by atoms with van der Waals surface area (Å²) in [4.78, 5) is 0. The highest BCUT2D eigenvalue weighted by Gasteiger charge is 2.13. The van der Waals surface area contributed by atoms with E-state index < -0.39 is 0 Å². The smallest absolute Gasteiger partial charge is 0.00389 e. The first-order chi connectivity index (χ1) is 8.70. The van der Waals surface area contributed by atoms with E-state index in [4.69, 9.17) is 5.73 Å². The first-order valence-electron chi connectivity index (χ1n) is 8.45. The molecule has 108 valence electrons. The second-order valence-electron chi connectivity index (χ2n) is 6.70. The molecule has 0 heterocycles. The third kappa shape index (κ3) is 7.41. The average molecular weight is 253 g/mol. The van der Waals surface area contributed by atoms with Gasteiger partial charge in [0.15, 0.2) is 0 Å². The van der Waals surface area contributed by atoms with Gasteiger partial charge in [-0.05, 0) is 31.1 Å². The van der Waals surface area contributed by atoms with Gasteiger partial charge >= 0.3 is 0 Å². The third-order valence-corrected chi connectivity index (χ3v) is 4.95. The number of hydrogen-bond acceptors (Lipinski definition) is 1. The molecule has 18 heavy (non-hydrogen) atoms. The third-order valence-electron chi connectivity index (χ3n) is 4.95. The highest BCUT2D eigenvalue weighted by molar-refractivity contribution is 4.68. The van der Waals surface area contributed by atoms with Crippen LogP contribution in [0.15, 0.2) is 0 Å². The lowest BCUT2D eigenvalue weighted by Gasteiger charge is -2.21. The Morgan fingerprint density at radius 1 is 0.556 bits per heavy atom. The van der Waals surface area contributed by atoms with Crippen LogP contribution in [-0.4, -0.2) is 6.04 Å². The second-order valence-corrected chi connectivity index (χ2v) is 6.70. The van der Waals surface area contributed by atoms with Crippen LogP contribution in [0.3, 0.4) is 0 Å². The van der Waals surface area contributed by atoms with Crippen molar-refractivity contribution in [2.45, 2.75) is 96.9 Å². The Hall–Kier alpha value is -0.0400. The van der Waals surface area contributed by atoms with Crippen molar-refractivity contribution in [3.05, 3.63) is 0 Å². The SMILES string of the molecule is CC1CCCCCCCCCCC(N)CCC1C. The van der Waals surface area contributed by atoms with Crippen molar-refractivity contribution in [2.24, 2.45) is 17.6 Å². The van der Waals surface area contributed by atoms with Gasteiger partial charge in [0.05, 0.1) is 0 Å². The molecule has 0 radical (unpaired) electrons. The minimum atomic E-state index is 0.463. The van der Waals surface area contributed by atoms with Gasteiger partial charge in [0.1, 0.15) is 0 Å². The zero-order valence-electron chi connectivity index (χ0n) is 12.8. The molecule has 1 aliphatic rings. The molecule has 0 saturated heterocycles. The Morgan fingerprint density at radius 3 is 1.61 bits per heavy atom. The van der Waals surface area contributed by atoms with Crippen LogP contribution in [0, 0.1) is 11.8 Å². The van der Waals surface area contributed by atoms with Crippen molar-refractivity contribution in [1.82, 2.24) is 0 Å². The van der Waals surface area contributed by atoms with Crippen LogP contribution in [0.1, 0.15) is 90.9 Å². The largest absolute Gasteiger partial charge is 0.328 e. The van der Waals surface area contributed by atoms with Crippen molar-refractivity contribution in [1.29, 1.82) is 0 Å². The summed E-state index contributed by atoms with van der Waals surface area (Å²) in [5.41, 5.74) is 6.22. The summed E-state index contributed by atoms with van der Waals surface area (Å²) in [7, 11) is 0. The Labute approximate surface area is 115 Å². The van der Waals surface area contributed by atoms with Crippen LogP contribution in [-0.2, 0) is 0 Å². The Bertz CT molecular complexity index is 190. The normalized spacial score (nSPS) is 34.5. The fraction of sp³-hybridized carbons (Fsp3) is 1.00. The van der Waals surface area contributed by atoms with Crippen LogP contribution in [0.4, 0.5) is 0 Å². The number of rotatable bonds is 0. The summed E-state index contributed by atoms with van der Waals surface area (Å²) in [5, 5.41) is 0. The summed E-state index contributed by atoms with van der Waals surface area (Å²) in [6.45, 7) is 4.86. The van der Waals surface area contributed by atoms with Crippen LogP contribution in [0.5, 0.6) is 0 Å². The standard InChI is InChI=1S/C17H35N/c1-15-11-9-7-5-3-4-6-8-10-12-17(18)14-13-16(15)2/h15-17H,3-14,18H2,1-2H3. The van der Waals surface area contributed by atoms with Gasteiger partial charge in [-0.15, -0.1) is 0 Å². The minimum absolute atomic E-state index is 0.463. The molecule has 1 heteroatoms. The predicted octanol–water partition coefficient (Wildman–Crippen LogP) is 5.28. The fourth-order valence-corrected chi connectivity index (χ4v) is 3.12. The summed E-state index contributed by atoms with van der Waals surface area (Å²) in [5.74, 6) is 1.75. The van der Waals surface area contributed by atoms with Crippen LogP contribution >= 0.6 is 0 Å². The number of nitrogens with two attached hydrogens (primary N) is 1. The van der Waals surface area contributed by atoms with Gasteiger partial charge in [-0.25, -0.2) is 0 Å². The Balaban J connectivity index is 2.31. The lowest BCUT2D eigenvalue weighted by molar-refractivity contribution is 0.315. The van der Waals surface area contributed by atoms with Gasteiger partial charge in [-0.3, -0.25) is 0 Å². The van der Waals surface area contributed by atoms with Gasteiger partial charge in [0.2, 0.25) is 0 Å². The molecule has 0 aliphatic heterocycles. The highest BCUT2D eigenvalue weighted by atomic mass is 14.6. The maximum absolute atomic E-state index is 6.22. The van der Waals surface area contributed by atoms with E-state index in [0.29, 0.717) is 6.04 Å². The molecule has 0 bridgehead atoms. The maximum Gasteiger partial charge on any atom is 0.00389 e. The maximum atomic E-state index is 6.22. The van der Waals surface area contributed by atoms with Crippen LogP contribution in [0.25, 0.3) is 0 Å².